The number of halogens is 4. The molecule has 0 unspecified atom stereocenters. The summed E-state index contributed by atoms with van der Waals surface area (Å²) in [6.07, 6.45) is -3.83. The van der Waals surface area contributed by atoms with Crippen molar-refractivity contribution in [3.63, 3.8) is 0 Å². The minimum Gasteiger partial charge on any atom is -0.370 e. The van der Waals surface area contributed by atoms with Crippen LogP contribution in [0.2, 0.25) is 0 Å². The molecule has 0 atom stereocenters. The molecule has 3 N–H and O–H groups in total. The van der Waals surface area contributed by atoms with Crippen molar-refractivity contribution in [3.05, 3.63) is 35.4 Å². The first-order valence-corrected chi connectivity index (χ1v) is 5.66. The van der Waals surface area contributed by atoms with Crippen molar-refractivity contribution < 1.29 is 27.1 Å². The average molecular weight is 294 g/mol. The number of carbonyl (C=O) groups excluding carboxylic acids is 1. The van der Waals surface area contributed by atoms with Crippen molar-refractivity contribution in [2.45, 2.75) is 25.4 Å². The van der Waals surface area contributed by atoms with E-state index in [1.165, 1.54) is 0 Å². The predicted octanol–water partition coefficient (Wildman–Crippen LogP) is 1.64. The van der Waals surface area contributed by atoms with Crippen LogP contribution in [0.3, 0.4) is 0 Å². The van der Waals surface area contributed by atoms with Crippen LogP contribution in [0, 0.1) is 0 Å². The summed E-state index contributed by atoms with van der Waals surface area (Å²) < 4.78 is 53.8. The van der Waals surface area contributed by atoms with Crippen molar-refractivity contribution in [1.82, 2.24) is 5.43 Å². The fourth-order valence-corrected chi connectivity index (χ4v) is 1.45. The lowest BCUT2D eigenvalue weighted by molar-refractivity contribution is -0.168. The maximum absolute atomic E-state index is 12.7. The van der Waals surface area contributed by atoms with Crippen LogP contribution in [-0.4, -0.2) is 24.9 Å². The number of nitrogens with two attached hydrogens (primary N) is 1. The summed E-state index contributed by atoms with van der Waals surface area (Å²) in [7, 11) is 0. The maximum atomic E-state index is 12.7. The number of hydrogen-bond donors (Lipinski definition) is 2. The zero-order valence-electron chi connectivity index (χ0n) is 10.4. The molecule has 0 radical (unpaired) electrons. The third kappa shape index (κ3) is 4.78. The van der Waals surface area contributed by atoms with Crippen LogP contribution in [0.25, 0.3) is 0 Å². The molecule has 20 heavy (non-hydrogen) atoms. The number of hydrogen-bond acceptors (Lipinski definition) is 3. The molecule has 0 aromatic heterocycles. The first kappa shape index (κ1) is 16.4. The number of benzene rings is 1. The van der Waals surface area contributed by atoms with Gasteiger partial charge in [0.1, 0.15) is 6.61 Å². The Labute approximate surface area is 112 Å². The van der Waals surface area contributed by atoms with Gasteiger partial charge in [-0.05, 0) is 11.1 Å². The van der Waals surface area contributed by atoms with E-state index in [1.807, 2.05) is 5.43 Å². The highest BCUT2D eigenvalue weighted by Crippen LogP contribution is 2.23. The predicted molar refractivity (Wildman–Crippen MR) is 63.1 cm³/mol. The SMILES string of the molecule is NNC(=O)Cc1ccccc1COCC(F)(F)C(F)F. The topological polar surface area (TPSA) is 64.3 Å². The van der Waals surface area contributed by atoms with Crippen molar-refractivity contribution in [1.29, 1.82) is 0 Å². The molecule has 0 heterocycles. The highest BCUT2D eigenvalue weighted by molar-refractivity contribution is 5.78. The molecule has 0 saturated heterocycles. The summed E-state index contributed by atoms with van der Waals surface area (Å²) in [6.45, 7) is -1.68. The number of nitrogens with one attached hydrogen (secondary N) is 1. The Hall–Kier alpha value is -1.67. The van der Waals surface area contributed by atoms with E-state index in [1.54, 1.807) is 24.3 Å². The maximum Gasteiger partial charge on any atom is 0.330 e. The average Bonchev–Trinajstić information content (AvgIpc) is 2.40. The van der Waals surface area contributed by atoms with Crippen LogP contribution >= 0.6 is 0 Å². The molecule has 8 heteroatoms. The molecule has 0 aliphatic rings. The van der Waals surface area contributed by atoms with Crippen molar-refractivity contribution in [2.24, 2.45) is 5.84 Å². The van der Waals surface area contributed by atoms with Gasteiger partial charge in [0.25, 0.3) is 0 Å². The summed E-state index contributed by atoms with van der Waals surface area (Å²) in [6, 6.07) is 6.42. The molecule has 1 aromatic carbocycles. The van der Waals surface area contributed by atoms with Crippen LogP contribution in [0.5, 0.6) is 0 Å². The fourth-order valence-electron chi connectivity index (χ4n) is 1.45. The van der Waals surface area contributed by atoms with E-state index >= 15 is 0 Å². The Morgan fingerprint density at radius 3 is 2.45 bits per heavy atom. The second kappa shape index (κ2) is 7.20. The largest absolute Gasteiger partial charge is 0.370 e. The Bertz CT molecular complexity index is 455. The Morgan fingerprint density at radius 1 is 1.30 bits per heavy atom. The van der Waals surface area contributed by atoms with Gasteiger partial charge in [0.2, 0.25) is 5.91 Å². The van der Waals surface area contributed by atoms with Gasteiger partial charge in [-0.3, -0.25) is 10.2 Å². The lowest BCUT2D eigenvalue weighted by atomic mass is 10.1. The van der Waals surface area contributed by atoms with Crippen LogP contribution in [0.15, 0.2) is 24.3 Å². The summed E-state index contributed by atoms with van der Waals surface area (Å²) in [5.41, 5.74) is 2.92. The first-order valence-electron chi connectivity index (χ1n) is 5.66. The monoisotopic (exact) mass is 294 g/mol. The standard InChI is InChI=1S/C12H14F4N2O2/c13-11(14)12(15,16)7-20-6-9-4-2-1-3-8(9)5-10(19)18-17/h1-4,11H,5-7,17H2,(H,18,19). The number of amides is 1. The molecule has 0 aliphatic carbocycles. The van der Waals surface area contributed by atoms with E-state index in [4.69, 9.17) is 5.84 Å². The van der Waals surface area contributed by atoms with Gasteiger partial charge in [-0.2, -0.15) is 8.78 Å². The molecule has 4 nitrogen and oxygen atoms in total. The van der Waals surface area contributed by atoms with Gasteiger partial charge < -0.3 is 4.74 Å². The van der Waals surface area contributed by atoms with Gasteiger partial charge in [-0.25, -0.2) is 14.6 Å². The molecule has 0 saturated carbocycles. The summed E-state index contributed by atoms with van der Waals surface area (Å²) >= 11 is 0. The van der Waals surface area contributed by atoms with Gasteiger partial charge >= 0.3 is 12.3 Å². The van der Waals surface area contributed by atoms with Gasteiger partial charge in [-0.15, -0.1) is 0 Å². The van der Waals surface area contributed by atoms with Crippen molar-refractivity contribution in [2.75, 3.05) is 6.61 Å². The number of hydrazine groups is 1. The molecular formula is C12H14F4N2O2. The van der Waals surface area contributed by atoms with Crippen LogP contribution in [-0.2, 0) is 22.6 Å². The number of ether oxygens (including phenoxy) is 1. The molecule has 112 valence electrons. The molecule has 1 aromatic rings. The minimum atomic E-state index is -4.19. The van der Waals surface area contributed by atoms with Crippen LogP contribution in [0.1, 0.15) is 11.1 Å². The molecular weight excluding hydrogens is 280 g/mol. The van der Waals surface area contributed by atoms with E-state index < -0.39 is 24.9 Å². The van der Waals surface area contributed by atoms with Crippen LogP contribution < -0.4 is 11.3 Å². The zero-order valence-corrected chi connectivity index (χ0v) is 10.4. The molecule has 0 aliphatic heterocycles. The van der Waals surface area contributed by atoms with Gasteiger partial charge in [0.15, 0.2) is 0 Å². The third-order valence-corrected chi connectivity index (χ3v) is 2.50. The number of alkyl halides is 4. The fraction of sp³-hybridized carbons (Fsp3) is 0.417. The summed E-state index contributed by atoms with van der Waals surface area (Å²) in [5, 5.41) is 0. The summed E-state index contributed by atoms with van der Waals surface area (Å²) in [5.74, 6) is 0.294. The Kier molecular flexibility index (Phi) is 5.90. The quantitative estimate of drug-likeness (QED) is 0.348. The molecule has 1 amide bonds. The molecule has 0 bridgehead atoms. The second-order valence-corrected chi connectivity index (χ2v) is 4.07. The van der Waals surface area contributed by atoms with E-state index in [9.17, 15) is 22.4 Å². The van der Waals surface area contributed by atoms with Gasteiger partial charge in [0, 0.05) is 0 Å². The van der Waals surface area contributed by atoms with E-state index in [0.717, 1.165) is 0 Å². The zero-order chi connectivity index (χ0) is 15.2. The summed E-state index contributed by atoms with van der Waals surface area (Å²) in [4.78, 5) is 11.2. The van der Waals surface area contributed by atoms with Gasteiger partial charge in [0.05, 0.1) is 13.0 Å². The van der Waals surface area contributed by atoms with Gasteiger partial charge in [-0.1, -0.05) is 24.3 Å². The molecule has 0 fully saturated rings. The first-order chi connectivity index (χ1) is 9.36. The van der Waals surface area contributed by atoms with E-state index in [-0.39, 0.29) is 13.0 Å². The third-order valence-electron chi connectivity index (χ3n) is 2.50. The highest BCUT2D eigenvalue weighted by Gasteiger charge is 2.40. The normalized spacial score (nSPS) is 11.7. The number of carbonyl (C=O) groups is 1. The minimum absolute atomic E-state index is 0.0543. The number of rotatable bonds is 7. The van der Waals surface area contributed by atoms with Crippen LogP contribution in [0.4, 0.5) is 17.6 Å². The second-order valence-electron chi connectivity index (χ2n) is 4.07. The van der Waals surface area contributed by atoms with E-state index in [2.05, 4.69) is 4.74 Å². The molecule has 0 spiro atoms. The van der Waals surface area contributed by atoms with Crippen molar-refractivity contribution in [3.8, 4) is 0 Å². The smallest absolute Gasteiger partial charge is 0.330 e. The van der Waals surface area contributed by atoms with Crippen molar-refractivity contribution >= 4 is 5.91 Å². The lowest BCUT2D eigenvalue weighted by Crippen LogP contribution is -2.32. The van der Waals surface area contributed by atoms with E-state index in [0.29, 0.717) is 11.1 Å². The molecule has 1 rings (SSSR count). The lowest BCUT2D eigenvalue weighted by Gasteiger charge is -2.16. The highest BCUT2D eigenvalue weighted by atomic mass is 19.3. The Balaban J connectivity index is 2.62. The Morgan fingerprint density at radius 2 is 1.90 bits per heavy atom.